The molecule has 0 aliphatic carbocycles. The summed E-state index contributed by atoms with van der Waals surface area (Å²) in [7, 11) is 3.37. The van der Waals surface area contributed by atoms with Gasteiger partial charge in [-0.25, -0.2) is 0 Å². The van der Waals surface area contributed by atoms with Crippen LogP contribution in [-0.4, -0.2) is 44.0 Å². The number of carbonyl (C=O) groups is 2. The van der Waals surface area contributed by atoms with E-state index in [1.807, 2.05) is 0 Å². The average molecular weight is 262 g/mol. The number of nitrogens with one attached hydrogen (secondary N) is 1. The number of ether oxygens (including phenoxy) is 1. The molecule has 0 saturated carbocycles. The van der Waals surface area contributed by atoms with Gasteiger partial charge in [0.2, 0.25) is 5.91 Å². The average Bonchev–Trinajstić information content (AvgIpc) is 2.75. The monoisotopic (exact) mass is 262 g/mol. The van der Waals surface area contributed by atoms with Crippen molar-refractivity contribution in [3.8, 4) is 5.75 Å². The van der Waals surface area contributed by atoms with Gasteiger partial charge in [-0.3, -0.25) is 9.59 Å². The highest BCUT2D eigenvalue weighted by Gasteiger charge is 2.26. The molecule has 1 saturated heterocycles. The molecule has 0 bridgehead atoms. The van der Waals surface area contributed by atoms with Crippen LogP contribution in [0.3, 0.4) is 0 Å². The van der Waals surface area contributed by atoms with Crippen molar-refractivity contribution in [2.75, 3.05) is 27.2 Å². The summed E-state index contributed by atoms with van der Waals surface area (Å²) in [5.74, 6) is 0.951. The van der Waals surface area contributed by atoms with Gasteiger partial charge in [0.25, 0.3) is 5.91 Å². The number of methoxy groups -OCH3 is 1. The topological polar surface area (TPSA) is 58.6 Å². The highest BCUT2D eigenvalue weighted by Crippen LogP contribution is 2.15. The standard InChI is InChI=1S/C14H18N2O3/c1-16-9-10(7-13(16)17)8-15-14(18)11-3-5-12(19-2)6-4-11/h3-6,10H,7-9H2,1-2H3,(H,15,18). The smallest absolute Gasteiger partial charge is 0.251 e. The number of carbonyl (C=O) groups excluding carboxylic acids is 2. The summed E-state index contributed by atoms with van der Waals surface area (Å²) >= 11 is 0. The van der Waals surface area contributed by atoms with E-state index in [1.54, 1.807) is 43.3 Å². The van der Waals surface area contributed by atoms with Gasteiger partial charge in [0.05, 0.1) is 7.11 Å². The van der Waals surface area contributed by atoms with Gasteiger partial charge in [-0.2, -0.15) is 0 Å². The summed E-state index contributed by atoms with van der Waals surface area (Å²) < 4.78 is 5.04. The van der Waals surface area contributed by atoms with E-state index in [9.17, 15) is 9.59 Å². The third-order valence-electron chi connectivity index (χ3n) is 3.32. The van der Waals surface area contributed by atoms with E-state index >= 15 is 0 Å². The third-order valence-corrected chi connectivity index (χ3v) is 3.32. The number of amides is 2. The predicted octanol–water partition coefficient (Wildman–Crippen LogP) is 0.903. The summed E-state index contributed by atoms with van der Waals surface area (Å²) in [5.41, 5.74) is 0.596. The van der Waals surface area contributed by atoms with E-state index in [1.165, 1.54) is 0 Å². The van der Waals surface area contributed by atoms with Gasteiger partial charge >= 0.3 is 0 Å². The minimum absolute atomic E-state index is 0.121. The predicted molar refractivity (Wildman–Crippen MR) is 71.1 cm³/mol. The summed E-state index contributed by atoms with van der Waals surface area (Å²) in [6.07, 6.45) is 0.513. The number of hydrogen-bond acceptors (Lipinski definition) is 3. The van der Waals surface area contributed by atoms with E-state index in [4.69, 9.17) is 4.74 Å². The fourth-order valence-corrected chi connectivity index (χ4v) is 2.17. The van der Waals surface area contributed by atoms with Crippen LogP contribution in [-0.2, 0) is 4.79 Å². The molecule has 1 atom stereocenters. The molecule has 1 heterocycles. The summed E-state index contributed by atoms with van der Waals surface area (Å²) in [4.78, 5) is 25.0. The van der Waals surface area contributed by atoms with Crippen LogP contribution >= 0.6 is 0 Å². The number of benzene rings is 1. The molecule has 1 N–H and O–H groups in total. The lowest BCUT2D eigenvalue weighted by Gasteiger charge is -2.11. The molecule has 5 nitrogen and oxygen atoms in total. The Morgan fingerprint density at radius 1 is 1.42 bits per heavy atom. The van der Waals surface area contributed by atoms with Crippen LogP contribution in [0.5, 0.6) is 5.75 Å². The second-order valence-electron chi connectivity index (χ2n) is 4.78. The lowest BCUT2D eigenvalue weighted by atomic mass is 10.1. The Morgan fingerprint density at radius 3 is 2.63 bits per heavy atom. The van der Waals surface area contributed by atoms with Crippen molar-refractivity contribution in [2.45, 2.75) is 6.42 Å². The SMILES string of the molecule is COc1ccc(C(=O)NCC2CC(=O)N(C)C2)cc1. The maximum absolute atomic E-state index is 11.9. The van der Waals surface area contributed by atoms with Gasteiger partial charge in [0.15, 0.2) is 0 Å². The van der Waals surface area contributed by atoms with Crippen LogP contribution in [0.4, 0.5) is 0 Å². The van der Waals surface area contributed by atoms with Crippen LogP contribution in [0.2, 0.25) is 0 Å². The van der Waals surface area contributed by atoms with Crippen molar-refractivity contribution in [2.24, 2.45) is 5.92 Å². The number of rotatable bonds is 4. The van der Waals surface area contributed by atoms with Crippen molar-refractivity contribution < 1.29 is 14.3 Å². The Kier molecular flexibility index (Phi) is 4.04. The summed E-state index contributed by atoms with van der Waals surface area (Å²) in [6.45, 7) is 1.24. The van der Waals surface area contributed by atoms with E-state index in [0.717, 1.165) is 5.75 Å². The first-order valence-electron chi connectivity index (χ1n) is 6.26. The summed E-state index contributed by atoms with van der Waals surface area (Å²) in [6, 6.07) is 6.95. The first kappa shape index (κ1) is 13.4. The van der Waals surface area contributed by atoms with E-state index < -0.39 is 0 Å². The van der Waals surface area contributed by atoms with Crippen molar-refractivity contribution in [3.05, 3.63) is 29.8 Å². The molecule has 5 heteroatoms. The second-order valence-corrected chi connectivity index (χ2v) is 4.78. The molecule has 1 aromatic carbocycles. The highest BCUT2D eigenvalue weighted by atomic mass is 16.5. The highest BCUT2D eigenvalue weighted by molar-refractivity contribution is 5.94. The van der Waals surface area contributed by atoms with Gasteiger partial charge in [0, 0.05) is 38.0 Å². The first-order valence-corrected chi connectivity index (χ1v) is 6.26. The molecule has 0 aromatic heterocycles. The number of hydrogen-bond donors (Lipinski definition) is 1. The largest absolute Gasteiger partial charge is 0.497 e. The summed E-state index contributed by atoms with van der Waals surface area (Å²) in [5, 5.41) is 2.86. The van der Waals surface area contributed by atoms with Crippen LogP contribution in [0.1, 0.15) is 16.8 Å². The Balaban J connectivity index is 1.85. The molecule has 1 aliphatic rings. The zero-order chi connectivity index (χ0) is 13.8. The van der Waals surface area contributed by atoms with Crippen molar-refractivity contribution in [1.82, 2.24) is 10.2 Å². The molecule has 1 fully saturated rings. The minimum atomic E-state index is -0.121. The van der Waals surface area contributed by atoms with Crippen molar-refractivity contribution in [1.29, 1.82) is 0 Å². The Hall–Kier alpha value is -2.04. The second kappa shape index (κ2) is 5.73. The van der Waals surface area contributed by atoms with Gasteiger partial charge in [-0.05, 0) is 24.3 Å². The van der Waals surface area contributed by atoms with Gasteiger partial charge < -0.3 is 15.0 Å². The number of likely N-dealkylation sites (tertiary alicyclic amines) is 1. The van der Waals surface area contributed by atoms with Crippen molar-refractivity contribution in [3.63, 3.8) is 0 Å². The Bertz CT molecular complexity index is 470. The Morgan fingerprint density at radius 2 is 2.11 bits per heavy atom. The maximum Gasteiger partial charge on any atom is 0.251 e. The quantitative estimate of drug-likeness (QED) is 0.877. The molecule has 19 heavy (non-hydrogen) atoms. The fraction of sp³-hybridized carbons (Fsp3) is 0.429. The lowest BCUT2D eigenvalue weighted by Crippen LogP contribution is -2.30. The molecular weight excluding hydrogens is 244 g/mol. The fourth-order valence-electron chi connectivity index (χ4n) is 2.17. The van der Waals surface area contributed by atoms with Gasteiger partial charge in [-0.1, -0.05) is 0 Å². The van der Waals surface area contributed by atoms with Gasteiger partial charge in [0.1, 0.15) is 5.75 Å². The molecule has 102 valence electrons. The minimum Gasteiger partial charge on any atom is -0.497 e. The lowest BCUT2D eigenvalue weighted by molar-refractivity contribution is -0.126. The van der Waals surface area contributed by atoms with E-state index in [-0.39, 0.29) is 17.7 Å². The molecular formula is C14H18N2O3. The molecule has 1 aliphatic heterocycles. The Labute approximate surface area is 112 Å². The number of nitrogens with zero attached hydrogens (tertiary/aromatic N) is 1. The zero-order valence-corrected chi connectivity index (χ0v) is 11.2. The van der Waals surface area contributed by atoms with Crippen LogP contribution < -0.4 is 10.1 Å². The van der Waals surface area contributed by atoms with E-state index in [2.05, 4.69) is 5.32 Å². The first-order chi connectivity index (χ1) is 9.10. The van der Waals surface area contributed by atoms with Crippen molar-refractivity contribution >= 4 is 11.8 Å². The normalized spacial score (nSPS) is 18.5. The molecule has 2 amide bonds. The molecule has 1 unspecified atom stereocenters. The van der Waals surface area contributed by atoms with Crippen LogP contribution in [0.25, 0.3) is 0 Å². The zero-order valence-electron chi connectivity index (χ0n) is 11.2. The molecule has 0 radical (unpaired) electrons. The van der Waals surface area contributed by atoms with Crippen LogP contribution in [0.15, 0.2) is 24.3 Å². The maximum atomic E-state index is 11.9. The third kappa shape index (κ3) is 3.24. The van der Waals surface area contributed by atoms with Gasteiger partial charge in [-0.15, -0.1) is 0 Å². The van der Waals surface area contributed by atoms with E-state index in [0.29, 0.717) is 25.1 Å². The molecule has 1 aromatic rings. The molecule has 0 spiro atoms. The molecule has 2 rings (SSSR count). The van der Waals surface area contributed by atoms with Crippen LogP contribution in [0, 0.1) is 5.92 Å².